The van der Waals surface area contributed by atoms with Gasteiger partial charge in [-0.1, -0.05) is 54.6 Å². The summed E-state index contributed by atoms with van der Waals surface area (Å²) in [4.78, 5) is 2.69. The second-order valence-electron chi connectivity index (χ2n) is 5.81. The van der Waals surface area contributed by atoms with Gasteiger partial charge in [-0.05, 0) is 23.1 Å². The largest absolute Gasteiger partial charge is 0.314 e. The van der Waals surface area contributed by atoms with Crippen LogP contribution in [0.15, 0.2) is 54.6 Å². The Labute approximate surface area is 120 Å². The van der Waals surface area contributed by atoms with Crippen LogP contribution in [0.25, 0.3) is 0 Å². The van der Waals surface area contributed by atoms with E-state index in [0.29, 0.717) is 12.1 Å². The average molecular weight is 264 g/mol. The third kappa shape index (κ3) is 1.96. The monoisotopic (exact) mass is 264 g/mol. The highest BCUT2D eigenvalue weighted by Crippen LogP contribution is 2.37. The predicted molar refractivity (Wildman–Crippen MR) is 81.8 cm³/mol. The standard InChI is InChI=1S/C18H20N2/c1-2-6-14(7-3-1)18-17-9-5-4-8-15(17)12-16-13-19-10-11-20(16)18/h1-9,16,18-19H,10-13H2. The van der Waals surface area contributed by atoms with Crippen LogP contribution in [0.3, 0.4) is 0 Å². The van der Waals surface area contributed by atoms with Crippen molar-refractivity contribution in [2.24, 2.45) is 0 Å². The van der Waals surface area contributed by atoms with Crippen molar-refractivity contribution in [1.29, 1.82) is 0 Å². The van der Waals surface area contributed by atoms with Gasteiger partial charge < -0.3 is 5.32 Å². The minimum atomic E-state index is 0.424. The van der Waals surface area contributed by atoms with Gasteiger partial charge in [-0.2, -0.15) is 0 Å². The van der Waals surface area contributed by atoms with Crippen LogP contribution in [0.5, 0.6) is 0 Å². The van der Waals surface area contributed by atoms with Crippen molar-refractivity contribution >= 4 is 0 Å². The fourth-order valence-corrected chi connectivity index (χ4v) is 3.73. The van der Waals surface area contributed by atoms with Crippen LogP contribution >= 0.6 is 0 Å². The molecule has 2 aromatic rings. The van der Waals surface area contributed by atoms with E-state index in [1.54, 1.807) is 0 Å². The van der Waals surface area contributed by atoms with Gasteiger partial charge in [0.1, 0.15) is 0 Å². The molecule has 0 aliphatic carbocycles. The summed E-state index contributed by atoms with van der Waals surface area (Å²) < 4.78 is 0. The summed E-state index contributed by atoms with van der Waals surface area (Å²) in [5, 5.41) is 3.55. The van der Waals surface area contributed by atoms with Crippen molar-refractivity contribution in [3.8, 4) is 0 Å². The van der Waals surface area contributed by atoms with E-state index in [9.17, 15) is 0 Å². The zero-order valence-electron chi connectivity index (χ0n) is 11.6. The average Bonchev–Trinajstić information content (AvgIpc) is 2.53. The van der Waals surface area contributed by atoms with Gasteiger partial charge in [0.05, 0.1) is 6.04 Å². The Hall–Kier alpha value is -1.64. The Kier molecular flexibility index (Phi) is 3.06. The van der Waals surface area contributed by atoms with Crippen LogP contribution in [-0.4, -0.2) is 30.6 Å². The van der Waals surface area contributed by atoms with Crippen LogP contribution in [0, 0.1) is 0 Å². The molecule has 2 unspecified atom stereocenters. The number of fused-ring (bicyclic) bond motifs is 2. The zero-order chi connectivity index (χ0) is 13.4. The van der Waals surface area contributed by atoms with Crippen molar-refractivity contribution in [3.05, 3.63) is 71.3 Å². The van der Waals surface area contributed by atoms with E-state index in [1.165, 1.54) is 23.1 Å². The molecule has 1 saturated heterocycles. The van der Waals surface area contributed by atoms with Gasteiger partial charge in [-0.25, -0.2) is 0 Å². The van der Waals surface area contributed by atoms with E-state index < -0.39 is 0 Å². The van der Waals surface area contributed by atoms with Crippen LogP contribution < -0.4 is 5.32 Å². The molecule has 2 nitrogen and oxygen atoms in total. The number of nitrogens with one attached hydrogen (secondary N) is 1. The maximum atomic E-state index is 3.55. The highest BCUT2D eigenvalue weighted by atomic mass is 15.2. The summed E-state index contributed by atoms with van der Waals surface area (Å²) in [7, 11) is 0. The number of hydrogen-bond donors (Lipinski definition) is 1. The highest BCUT2D eigenvalue weighted by Gasteiger charge is 2.36. The number of hydrogen-bond acceptors (Lipinski definition) is 2. The molecule has 2 heteroatoms. The summed E-state index contributed by atoms with van der Waals surface area (Å²) in [5.74, 6) is 0. The van der Waals surface area contributed by atoms with Gasteiger partial charge in [0.2, 0.25) is 0 Å². The van der Waals surface area contributed by atoms with Crippen molar-refractivity contribution in [1.82, 2.24) is 10.2 Å². The molecule has 2 aliphatic rings. The van der Waals surface area contributed by atoms with E-state index in [0.717, 1.165) is 19.6 Å². The maximum absolute atomic E-state index is 3.55. The molecule has 0 spiro atoms. The third-order valence-electron chi connectivity index (χ3n) is 4.65. The lowest BCUT2D eigenvalue weighted by atomic mass is 9.84. The summed E-state index contributed by atoms with van der Waals surface area (Å²) in [6, 6.07) is 21.0. The van der Waals surface area contributed by atoms with Crippen LogP contribution in [0.4, 0.5) is 0 Å². The second-order valence-corrected chi connectivity index (χ2v) is 5.81. The minimum absolute atomic E-state index is 0.424. The molecule has 102 valence electrons. The summed E-state index contributed by atoms with van der Waals surface area (Å²) in [6.07, 6.45) is 1.17. The number of piperazine rings is 1. The lowest BCUT2D eigenvalue weighted by molar-refractivity contribution is 0.112. The van der Waals surface area contributed by atoms with Crippen LogP contribution in [-0.2, 0) is 6.42 Å². The highest BCUT2D eigenvalue weighted by molar-refractivity contribution is 5.40. The van der Waals surface area contributed by atoms with Gasteiger partial charge in [-0.15, -0.1) is 0 Å². The van der Waals surface area contributed by atoms with Gasteiger partial charge in [0.25, 0.3) is 0 Å². The first-order valence-corrected chi connectivity index (χ1v) is 7.53. The van der Waals surface area contributed by atoms with E-state index in [-0.39, 0.29) is 0 Å². The fraction of sp³-hybridized carbons (Fsp3) is 0.333. The molecular formula is C18H20N2. The Balaban J connectivity index is 1.84. The van der Waals surface area contributed by atoms with E-state index in [4.69, 9.17) is 0 Å². The molecule has 1 N–H and O–H groups in total. The van der Waals surface area contributed by atoms with Crippen molar-refractivity contribution < 1.29 is 0 Å². The Morgan fingerprint density at radius 2 is 1.75 bits per heavy atom. The van der Waals surface area contributed by atoms with E-state index in [2.05, 4.69) is 64.8 Å². The number of benzene rings is 2. The summed E-state index contributed by atoms with van der Waals surface area (Å²) >= 11 is 0. The predicted octanol–water partition coefficient (Wildman–Crippen LogP) is 2.61. The first-order chi connectivity index (χ1) is 9.93. The Morgan fingerprint density at radius 1 is 0.950 bits per heavy atom. The third-order valence-corrected chi connectivity index (χ3v) is 4.65. The van der Waals surface area contributed by atoms with Gasteiger partial charge in [-0.3, -0.25) is 4.90 Å². The van der Waals surface area contributed by atoms with Crippen LogP contribution in [0.2, 0.25) is 0 Å². The van der Waals surface area contributed by atoms with E-state index in [1.807, 2.05) is 0 Å². The molecular weight excluding hydrogens is 244 g/mol. The SMILES string of the molecule is c1ccc(C2c3ccccc3CC3CNCCN32)cc1. The Bertz CT molecular complexity index is 593. The Morgan fingerprint density at radius 3 is 2.65 bits per heavy atom. The molecule has 20 heavy (non-hydrogen) atoms. The summed E-state index contributed by atoms with van der Waals surface area (Å²) in [6.45, 7) is 3.35. The van der Waals surface area contributed by atoms with Crippen molar-refractivity contribution in [2.75, 3.05) is 19.6 Å². The van der Waals surface area contributed by atoms with Gasteiger partial charge >= 0.3 is 0 Å². The number of rotatable bonds is 1. The molecule has 0 saturated carbocycles. The summed E-state index contributed by atoms with van der Waals surface area (Å²) in [5.41, 5.74) is 4.44. The first-order valence-electron chi connectivity index (χ1n) is 7.53. The molecule has 0 aromatic heterocycles. The topological polar surface area (TPSA) is 15.3 Å². The molecule has 0 radical (unpaired) electrons. The zero-order valence-corrected chi connectivity index (χ0v) is 11.6. The molecule has 1 fully saturated rings. The molecule has 0 bridgehead atoms. The maximum Gasteiger partial charge on any atom is 0.0607 e. The van der Waals surface area contributed by atoms with Crippen LogP contribution in [0.1, 0.15) is 22.7 Å². The lowest BCUT2D eigenvalue weighted by Crippen LogP contribution is -2.55. The van der Waals surface area contributed by atoms with Gasteiger partial charge in [0.15, 0.2) is 0 Å². The fourth-order valence-electron chi connectivity index (χ4n) is 3.73. The van der Waals surface area contributed by atoms with Crippen molar-refractivity contribution in [3.63, 3.8) is 0 Å². The smallest absolute Gasteiger partial charge is 0.0607 e. The first kappa shape index (κ1) is 12.1. The normalized spacial score (nSPS) is 25.8. The molecule has 4 rings (SSSR count). The molecule has 2 aromatic carbocycles. The molecule has 2 aliphatic heterocycles. The lowest BCUT2D eigenvalue weighted by Gasteiger charge is -2.46. The van der Waals surface area contributed by atoms with Crippen molar-refractivity contribution in [2.45, 2.75) is 18.5 Å². The molecule has 2 heterocycles. The minimum Gasteiger partial charge on any atom is -0.314 e. The second kappa shape index (κ2) is 5.04. The quantitative estimate of drug-likeness (QED) is 0.851. The number of nitrogens with zero attached hydrogens (tertiary/aromatic N) is 1. The molecule has 2 atom stereocenters. The van der Waals surface area contributed by atoms with Gasteiger partial charge in [0, 0.05) is 25.7 Å². The van der Waals surface area contributed by atoms with E-state index >= 15 is 0 Å². The molecule has 0 amide bonds.